The summed E-state index contributed by atoms with van der Waals surface area (Å²) in [4.78, 5) is 25.5. The molecule has 0 aliphatic carbocycles. The summed E-state index contributed by atoms with van der Waals surface area (Å²) in [5.41, 5.74) is -0.247. The predicted molar refractivity (Wildman–Crippen MR) is 101 cm³/mol. The zero-order valence-corrected chi connectivity index (χ0v) is 14.3. The molecule has 0 saturated heterocycles. The molecule has 0 amide bonds. The number of aliphatic hydroxyl groups is 1. The quantitative estimate of drug-likeness (QED) is 0.646. The van der Waals surface area contributed by atoms with Gasteiger partial charge in [-0.15, -0.1) is 0 Å². The molecule has 1 atom stereocenters. The third-order valence-corrected chi connectivity index (χ3v) is 4.47. The third-order valence-electron chi connectivity index (χ3n) is 4.47. The monoisotopic (exact) mass is 344 g/mol. The van der Waals surface area contributed by atoms with Crippen molar-refractivity contribution in [1.29, 1.82) is 0 Å². The van der Waals surface area contributed by atoms with Crippen molar-refractivity contribution in [2.45, 2.75) is 18.4 Å². The minimum Gasteiger partial charge on any atom is -0.377 e. The van der Waals surface area contributed by atoms with Gasteiger partial charge in [0.05, 0.1) is 0 Å². The number of Topliss-reactive ketones (excluding diaryl/α,β-unsaturated/α-hetero) is 2. The summed E-state index contributed by atoms with van der Waals surface area (Å²) in [7, 11) is 0. The van der Waals surface area contributed by atoms with E-state index in [1.807, 2.05) is 18.2 Å². The van der Waals surface area contributed by atoms with Gasteiger partial charge in [0, 0.05) is 17.5 Å². The van der Waals surface area contributed by atoms with E-state index in [4.69, 9.17) is 0 Å². The molecule has 3 nitrogen and oxygen atoms in total. The molecule has 0 fully saturated rings. The average molecular weight is 344 g/mol. The smallest absolute Gasteiger partial charge is 0.198 e. The summed E-state index contributed by atoms with van der Waals surface area (Å²) in [6, 6.07) is 26.4. The van der Waals surface area contributed by atoms with Crippen LogP contribution in [0.4, 0.5) is 0 Å². The Balaban J connectivity index is 1.89. The standard InChI is InChI=1S/C23H20O3/c24-21(18-10-4-1-5-11-18)16-17-23(26,20-14-8-3-9-15-20)22(25)19-12-6-2-7-13-19/h1-15,26H,16-17H2/t23-/m0/s1. The van der Waals surface area contributed by atoms with E-state index in [0.29, 0.717) is 16.7 Å². The van der Waals surface area contributed by atoms with Crippen molar-refractivity contribution in [3.8, 4) is 0 Å². The number of carbonyl (C=O) groups excluding carboxylic acids is 2. The van der Waals surface area contributed by atoms with Crippen LogP contribution in [0.15, 0.2) is 91.0 Å². The number of rotatable bonds is 7. The molecule has 0 unspecified atom stereocenters. The lowest BCUT2D eigenvalue weighted by Crippen LogP contribution is -2.36. The minimum absolute atomic E-state index is 0.0263. The molecular formula is C23H20O3. The molecule has 0 radical (unpaired) electrons. The van der Waals surface area contributed by atoms with E-state index in [2.05, 4.69) is 0 Å². The van der Waals surface area contributed by atoms with E-state index >= 15 is 0 Å². The Labute approximate surface area is 152 Å². The molecule has 0 bridgehead atoms. The molecular weight excluding hydrogens is 324 g/mol. The van der Waals surface area contributed by atoms with E-state index in [-0.39, 0.29) is 18.6 Å². The van der Waals surface area contributed by atoms with E-state index in [1.165, 1.54) is 0 Å². The number of hydrogen-bond donors (Lipinski definition) is 1. The third kappa shape index (κ3) is 3.79. The Kier molecular flexibility index (Phi) is 5.40. The molecule has 0 aromatic heterocycles. The van der Waals surface area contributed by atoms with E-state index in [9.17, 15) is 14.7 Å². The van der Waals surface area contributed by atoms with Crippen LogP contribution in [0, 0.1) is 0 Å². The first-order valence-corrected chi connectivity index (χ1v) is 8.57. The van der Waals surface area contributed by atoms with Crippen LogP contribution in [0.5, 0.6) is 0 Å². The van der Waals surface area contributed by atoms with Gasteiger partial charge in [-0.2, -0.15) is 0 Å². The van der Waals surface area contributed by atoms with Gasteiger partial charge in [0.2, 0.25) is 0 Å². The summed E-state index contributed by atoms with van der Waals surface area (Å²) >= 11 is 0. The number of hydrogen-bond acceptors (Lipinski definition) is 3. The van der Waals surface area contributed by atoms with Crippen LogP contribution in [-0.2, 0) is 5.60 Å². The van der Waals surface area contributed by atoms with Crippen LogP contribution in [-0.4, -0.2) is 16.7 Å². The van der Waals surface area contributed by atoms with Gasteiger partial charge >= 0.3 is 0 Å². The van der Waals surface area contributed by atoms with Crippen molar-refractivity contribution in [3.05, 3.63) is 108 Å². The Morgan fingerprint density at radius 1 is 0.692 bits per heavy atom. The zero-order chi connectivity index (χ0) is 18.4. The van der Waals surface area contributed by atoms with Gasteiger partial charge in [-0.3, -0.25) is 9.59 Å². The second kappa shape index (κ2) is 7.89. The number of benzene rings is 3. The molecule has 3 aromatic rings. The molecule has 3 aromatic carbocycles. The second-order valence-electron chi connectivity index (χ2n) is 6.21. The molecule has 3 heteroatoms. The molecule has 0 aliphatic heterocycles. The van der Waals surface area contributed by atoms with Crippen LogP contribution >= 0.6 is 0 Å². The van der Waals surface area contributed by atoms with Crippen molar-refractivity contribution < 1.29 is 14.7 Å². The SMILES string of the molecule is O=C(CC[C@@](O)(C(=O)c1ccccc1)c1ccccc1)c1ccccc1. The van der Waals surface area contributed by atoms with Crippen molar-refractivity contribution in [2.75, 3.05) is 0 Å². The molecule has 0 saturated carbocycles. The van der Waals surface area contributed by atoms with Crippen molar-refractivity contribution >= 4 is 11.6 Å². The molecule has 130 valence electrons. The Morgan fingerprint density at radius 3 is 1.69 bits per heavy atom. The van der Waals surface area contributed by atoms with Crippen LogP contribution in [0.25, 0.3) is 0 Å². The molecule has 1 N–H and O–H groups in total. The fourth-order valence-corrected chi connectivity index (χ4v) is 2.99. The maximum atomic E-state index is 13.1. The Bertz CT molecular complexity index is 873. The Hall–Kier alpha value is -3.04. The van der Waals surface area contributed by atoms with Crippen LogP contribution < -0.4 is 0 Å². The van der Waals surface area contributed by atoms with Crippen LogP contribution in [0.2, 0.25) is 0 Å². The first-order chi connectivity index (χ1) is 12.6. The highest BCUT2D eigenvalue weighted by Crippen LogP contribution is 2.31. The summed E-state index contributed by atoms with van der Waals surface area (Å²) in [6.45, 7) is 0. The van der Waals surface area contributed by atoms with Gasteiger partial charge in [0.15, 0.2) is 17.2 Å². The highest BCUT2D eigenvalue weighted by Gasteiger charge is 2.38. The van der Waals surface area contributed by atoms with Crippen LogP contribution in [0.3, 0.4) is 0 Å². The Morgan fingerprint density at radius 2 is 1.15 bits per heavy atom. The fraction of sp³-hybridized carbons (Fsp3) is 0.130. The van der Waals surface area contributed by atoms with Gasteiger partial charge in [0.1, 0.15) is 0 Å². The number of carbonyl (C=O) groups is 2. The van der Waals surface area contributed by atoms with Crippen molar-refractivity contribution in [3.63, 3.8) is 0 Å². The lowest BCUT2D eigenvalue weighted by atomic mass is 9.81. The van der Waals surface area contributed by atoms with E-state index < -0.39 is 11.4 Å². The molecule has 3 rings (SSSR count). The summed E-state index contributed by atoms with van der Waals surface area (Å²) in [5.74, 6) is -0.494. The topological polar surface area (TPSA) is 54.4 Å². The summed E-state index contributed by atoms with van der Waals surface area (Å²) in [6.07, 6.45) is 0.104. The van der Waals surface area contributed by atoms with Gasteiger partial charge in [-0.1, -0.05) is 91.0 Å². The first kappa shape index (κ1) is 17.8. The van der Waals surface area contributed by atoms with Crippen molar-refractivity contribution in [2.24, 2.45) is 0 Å². The molecule has 0 heterocycles. The summed E-state index contributed by atoms with van der Waals surface area (Å²) in [5, 5.41) is 11.3. The van der Waals surface area contributed by atoms with Crippen LogP contribution in [0.1, 0.15) is 39.1 Å². The largest absolute Gasteiger partial charge is 0.377 e. The van der Waals surface area contributed by atoms with Gasteiger partial charge in [0.25, 0.3) is 0 Å². The fourth-order valence-electron chi connectivity index (χ4n) is 2.99. The van der Waals surface area contributed by atoms with E-state index in [1.54, 1.807) is 72.8 Å². The maximum absolute atomic E-state index is 13.1. The van der Waals surface area contributed by atoms with Gasteiger partial charge < -0.3 is 5.11 Å². The molecule has 0 spiro atoms. The van der Waals surface area contributed by atoms with Crippen molar-refractivity contribution in [1.82, 2.24) is 0 Å². The lowest BCUT2D eigenvalue weighted by Gasteiger charge is -2.27. The lowest BCUT2D eigenvalue weighted by molar-refractivity contribution is 0.0241. The zero-order valence-electron chi connectivity index (χ0n) is 14.3. The highest BCUT2D eigenvalue weighted by molar-refractivity contribution is 6.03. The van der Waals surface area contributed by atoms with Gasteiger partial charge in [-0.05, 0) is 12.0 Å². The number of ketones is 2. The predicted octanol–water partition coefficient (Wildman–Crippen LogP) is 4.42. The normalized spacial score (nSPS) is 13.0. The average Bonchev–Trinajstić information content (AvgIpc) is 2.73. The molecule has 26 heavy (non-hydrogen) atoms. The first-order valence-electron chi connectivity index (χ1n) is 8.57. The highest BCUT2D eigenvalue weighted by atomic mass is 16.3. The second-order valence-corrected chi connectivity index (χ2v) is 6.21. The summed E-state index contributed by atoms with van der Waals surface area (Å²) < 4.78 is 0. The minimum atomic E-state index is -1.74. The van der Waals surface area contributed by atoms with E-state index in [0.717, 1.165) is 0 Å². The molecule has 0 aliphatic rings. The maximum Gasteiger partial charge on any atom is 0.198 e. The van der Waals surface area contributed by atoms with Gasteiger partial charge in [-0.25, -0.2) is 0 Å².